The van der Waals surface area contributed by atoms with Gasteiger partial charge < -0.3 is 14.6 Å². The van der Waals surface area contributed by atoms with E-state index < -0.39 is 10.8 Å². The number of rotatable bonds is 7. The maximum atomic E-state index is 12.0. The third-order valence-corrected chi connectivity index (χ3v) is 4.41. The van der Waals surface area contributed by atoms with Crippen LogP contribution in [0, 0.1) is 0 Å². The van der Waals surface area contributed by atoms with Crippen molar-refractivity contribution in [2.75, 3.05) is 19.3 Å². The first-order chi connectivity index (χ1) is 10.6. The fourth-order valence-corrected chi connectivity index (χ4v) is 2.99. The number of hydrogen-bond acceptors (Lipinski definition) is 3. The summed E-state index contributed by atoms with van der Waals surface area (Å²) in [5.41, 5.74) is 1.04. The summed E-state index contributed by atoms with van der Waals surface area (Å²) >= 11 is 0. The lowest BCUT2D eigenvalue weighted by atomic mass is 10.2. The minimum absolute atomic E-state index is 0.201. The van der Waals surface area contributed by atoms with Crippen molar-refractivity contribution in [3.05, 3.63) is 60.1 Å². The Kier molecular flexibility index (Phi) is 6.21. The number of nitrogens with one attached hydrogen (secondary N) is 1. The summed E-state index contributed by atoms with van der Waals surface area (Å²) in [6.45, 7) is 0.798. The summed E-state index contributed by atoms with van der Waals surface area (Å²) < 4.78 is 17.1. The first-order valence-electron chi connectivity index (χ1n) is 7.05. The Morgan fingerprint density at radius 1 is 1.23 bits per heavy atom. The molecule has 2 rings (SSSR count). The summed E-state index contributed by atoms with van der Waals surface area (Å²) in [4.78, 5) is 13.4. The third kappa shape index (κ3) is 5.37. The van der Waals surface area contributed by atoms with Crippen LogP contribution in [0.25, 0.3) is 0 Å². The normalized spacial score (nSPS) is 11.9. The molecule has 2 amide bonds. The topological polar surface area (TPSA) is 62.6 Å². The molecule has 0 radical (unpaired) electrons. The van der Waals surface area contributed by atoms with Crippen LogP contribution < -0.4 is 5.32 Å². The van der Waals surface area contributed by atoms with Crippen molar-refractivity contribution in [1.82, 2.24) is 10.2 Å². The zero-order valence-electron chi connectivity index (χ0n) is 12.5. The van der Waals surface area contributed by atoms with Crippen molar-refractivity contribution in [3.8, 4) is 0 Å². The second-order valence-electron chi connectivity index (χ2n) is 4.94. The van der Waals surface area contributed by atoms with Crippen LogP contribution in [0.3, 0.4) is 0 Å². The summed E-state index contributed by atoms with van der Waals surface area (Å²) in [5, 5.41) is 2.76. The van der Waals surface area contributed by atoms with Crippen LogP contribution in [-0.4, -0.2) is 34.5 Å². The Bertz CT molecular complexity index is 599. The number of carbonyl (C=O) groups excluding carboxylic acids is 1. The molecule has 0 bridgehead atoms. The van der Waals surface area contributed by atoms with Crippen LogP contribution in [0.4, 0.5) is 4.79 Å². The average molecular weight is 320 g/mol. The number of carbonyl (C=O) groups is 1. The van der Waals surface area contributed by atoms with Gasteiger partial charge in [0.2, 0.25) is 0 Å². The standard InChI is InChI=1S/C16H20N2O3S/c1-18(12-15-8-5-10-21-15)16(19)17-9-11-22(20)13-14-6-3-2-4-7-14/h2-8,10H,9,11-13H2,1H3,(H,17,19)/t22-/m0/s1. The zero-order valence-corrected chi connectivity index (χ0v) is 13.3. The van der Waals surface area contributed by atoms with Crippen LogP contribution in [-0.2, 0) is 23.1 Å². The first-order valence-corrected chi connectivity index (χ1v) is 8.54. The van der Waals surface area contributed by atoms with Crippen molar-refractivity contribution in [2.24, 2.45) is 0 Å². The minimum atomic E-state index is -0.984. The largest absolute Gasteiger partial charge is 0.467 e. The minimum Gasteiger partial charge on any atom is -0.467 e. The summed E-state index contributed by atoms with van der Waals surface area (Å²) in [6, 6.07) is 13.1. The zero-order chi connectivity index (χ0) is 15.8. The van der Waals surface area contributed by atoms with E-state index in [-0.39, 0.29) is 6.03 Å². The van der Waals surface area contributed by atoms with Crippen molar-refractivity contribution in [3.63, 3.8) is 0 Å². The Hall–Kier alpha value is -2.08. The van der Waals surface area contributed by atoms with E-state index in [1.165, 1.54) is 4.90 Å². The van der Waals surface area contributed by atoms with E-state index in [9.17, 15) is 9.00 Å². The van der Waals surface area contributed by atoms with Crippen LogP contribution in [0.5, 0.6) is 0 Å². The predicted octanol–water partition coefficient (Wildman–Crippen LogP) is 2.37. The van der Waals surface area contributed by atoms with E-state index in [4.69, 9.17) is 4.42 Å². The molecule has 0 saturated carbocycles. The maximum absolute atomic E-state index is 12.0. The second kappa shape index (κ2) is 8.38. The van der Waals surface area contributed by atoms with E-state index in [2.05, 4.69) is 5.32 Å². The number of furan rings is 1. The van der Waals surface area contributed by atoms with E-state index in [0.717, 1.165) is 11.3 Å². The molecule has 1 aromatic carbocycles. The second-order valence-corrected chi connectivity index (χ2v) is 6.52. The van der Waals surface area contributed by atoms with E-state index in [0.29, 0.717) is 24.6 Å². The Balaban J connectivity index is 1.67. The lowest BCUT2D eigenvalue weighted by molar-refractivity contribution is 0.203. The maximum Gasteiger partial charge on any atom is 0.317 e. The molecule has 1 heterocycles. The fourth-order valence-electron chi connectivity index (χ4n) is 1.95. The smallest absolute Gasteiger partial charge is 0.317 e. The van der Waals surface area contributed by atoms with Gasteiger partial charge in [-0.2, -0.15) is 0 Å². The lowest BCUT2D eigenvalue weighted by Gasteiger charge is -2.16. The van der Waals surface area contributed by atoms with Crippen molar-refractivity contribution in [1.29, 1.82) is 0 Å². The van der Waals surface area contributed by atoms with Gasteiger partial charge >= 0.3 is 6.03 Å². The molecule has 0 spiro atoms. The summed E-state index contributed by atoms with van der Waals surface area (Å²) in [6.07, 6.45) is 1.58. The van der Waals surface area contributed by atoms with E-state index in [1.807, 2.05) is 36.4 Å². The van der Waals surface area contributed by atoms with Crippen LogP contribution in [0.15, 0.2) is 53.1 Å². The van der Waals surface area contributed by atoms with Gasteiger partial charge in [-0.25, -0.2) is 4.79 Å². The highest BCUT2D eigenvalue weighted by molar-refractivity contribution is 7.84. The van der Waals surface area contributed by atoms with Gasteiger partial charge in [0, 0.05) is 35.9 Å². The van der Waals surface area contributed by atoms with Crippen LogP contribution in [0.1, 0.15) is 11.3 Å². The lowest BCUT2D eigenvalue weighted by Crippen LogP contribution is -2.38. The van der Waals surface area contributed by atoms with Gasteiger partial charge in [-0.3, -0.25) is 4.21 Å². The van der Waals surface area contributed by atoms with Gasteiger partial charge in [-0.1, -0.05) is 30.3 Å². The molecular weight excluding hydrogens is 300 g/mol. The third-order valence-electron chi connectivity index (χ3n) is 3.10. The van der Waals surface area contributed by atoms with Gasteiger partial charge in [-0.15, -0.1) is 0 Å². The van der Waals surface area contributed by atoms with Crippen molar-refractivity contribution in [2.45, 2.75) is 12.3 Å². The molecule has 0 saturated heterocycles. The highest BCUT2D eigenvalue weighted by atomic mass is 32.2. The number of hydrogen-bond donors (Lipinski definition) is 1. The molecule has 6 heteroatoms. The monoisotopic (exact) mass is 320 g/mol. The van der Waals surface area contributed by atoms with Crippen molar-refractivity contribution < 1.29 is 13.4 Å². The highest BCUT2D eigenvalue weighted by Crippen LogP contribution is 2.04. The van der Waals surface area contributed by atoms with E-state index >= 15 is 0 Å². The molecule has 1 atom stereocenters. The molecule has 0 fully saturated rings. The SMILES string of the molecule is CN(Cc1ccco1)C(=O)NCC[S@](=O)Cc1ccccc1. The molecule has 2 aromatic rings. The molecule has 22 heavy (non-hydrogen) atoms. The molecule has 0 aliphatic rings. The number of urea groups is 1. The summed E-state index contributed by atoms with van der Waals surface area (Å²) in [7, 11) is 0.709. The summed E-state index contributed by atoms with van der Waals surface area (Å²) in [5.74, 6) is 1.68. The molecule has 5 nitrogen and oxygen atoms in total. The molecule has 118 valence electrons. The van der Waals surface area contributed by atoms with Gasteiger partial charge in [0.1, 0.15) is 5.76 Å². The predicted molar refractivity (Wildman–Crippen MR) is 86.7 cm³/mol. The molecule has 1 N–H and O–H groups in total. The van der Waals surface area contributed by atoms with E-state index in [1.54, 1.807) is 19.4 Å². The van der Waals surface area contributed by atoms with Gasteiger partial charge in [0.25, 0.3) is 0 Å². The fraction of sp³-hybridized carbons (Fsp3) is 0.312. The number of benzene rings is 1. The van der Waals surface area contributed by atoms with Crippen molar-refractivity contribution >= 4 is 16.8 Å². The quantitative estimate of drug-likeness (QED) is 0.852. The number of amides is 2. The Morgan fingerprint density at radius 3 is 2.68 bits per heavy atom. The highest BCUT2D eigenvalue weighted by Gasteiger charge is 2.10. The molecule has 0 unspecified atom stereocenters. The average Bonchev–Trinajstić information content (AvgIpc) is 3.01. The first kappa shape index (κ1) is 16.3. The Morgan fingerprint density at radius 2 is 2.00 bits per heavy atom. The molecular formula is C16H20N2O3S. The van der Waals surface area contributed by atoms with Crippen LogP contribution >= 0.6 is 0 Å². The molecule has 0 aliphatic carbocycles. The molecule has 1 aromatic heterocycles. The van der Waals surface area contributed by atoms with Crippen LogP contribution in [0.2, 0.25) is 0 Å². The van der Waals surface area contributed by atoms with Gasteiger partial charge in [0.05, 0.1) is 12.8 Å². The Labute approximate surface area is 132 Å². The van der Waals surface area contributed by atoms with Gasteiger partial charge in [-0.05, 0) is 17.7 Å². The molecule has 0 aliphatic heterocycles. The van der Waals surface area contributed by atoms with Gasteiger partial charge in [0.15, 0.2) is 0 Å². The number of nitrogens with zero attached hydrogens (tertiary/aromatic N) is 1.